The maximum atomic E-state index is 13.1. The summed E-state index contributed by atoms with van der Waals surface area (Å²) in [5.41, 5.74) is 2.09. The van der Waals surface area contributed by atoms with E-state index in [4.69, 9.17) is 0 Å². The lowest BCUT2D eigenvalue weighted by atomic mass is 10.0. The Balaban J connectivity index is 2.20. The van der Waals surface area contributed by atoms with E-state index in [-0.39, 0.29) is 6.42 Å². The quantitative estimate of drug-likeness (QED) is 0.919. The molecule has 0 radical (unpaired) electrons. The van der Waals surface area contributed by atoms with Crippen LogP contribution in [-0.4, -0.2) is 10.1 Å². The van der Waals surface area contributed by atoms with Gasteiger partial charge in [0, 0.05) is 12.6 Å². The molecule has 1 aromatic carbocycles. The van der Waals surface area contributed by atoms with Crippen LogP contribution in [0.1, 0.15) is 29.8 Å². The van der Waals surface area contributed by atoms with Gasteiger partial charge in [0.15, 0.2) is 11.6 Å². The molecule has 0 fully saturated rings. The highest BCUT2D eigenvalue weighted by molar-refractivity contribution is 5.25. The largest absolute Gasteiger partial charge is 0.386 e. The van der Waals surface area contributed by atoms with Crippen LogP contribution in [0, 0.1) is 11.6 Å². The van der Waals surface area contributed by atoms with Crippen LogP contribution in [0.3, 0.4) is 0 Å². The predicted octanol–water partition coefficient (Wildman–Crippen LogP) is 3.20. The third-order valence-electron chi connectivity index (χ3n) is 3.04. The minimum absolute atomic E-state index is 0.210. The number of hydrogen-bond donors (Lipinski definition) is 1. The molecule has 1 atom stereocenters. The fourth-order valence-electron chi connectivity index (χ4n) is 2.04. The topological polar surface area (TPSA) is 33.1 Å². The van der Waals surface area contributed by atoms with Crippen molar-refractivity contribution in [1.82, 2.24) is 4.98 Å². The van der Waals surface area contributed by atoms with Gasteiger partial charge in [-0.05, 0) is 35.7 Å². The zero-order chi connectivity index (χ0) is 13.8. The lowest BCUT2D eigenvalue weighted by Crippen LogP contribution is -2.07. The number of nitrogens with zero attached hydrogens (tertiary/aromatic N) is 1. The SMILES string of the molecule is CCc1cccnc1C(O)Cc1ccc(F)c(F)c1. The van der Waals surface area contributed by atoms with Crippen LogP contribution in [0.5, 0.6) is 0 Å². The van der Waals surface area contributed by atoms with Crippen molar-refractivity contribution >= 4 is 0 Å². The molecular formula is C15H15F2NO. The zero-order valence-corrected chi connectivity index (χ0v) is 10.6. The van der Waals surface area contributed by atoms with Crippen LogP contribution >= 0.6 is 0 Å². The Hall–Kier alpha value is -1.81. The normalized spacial score (nSPS) is 12.4. The number of aliphatic hydroxyl groups excluding tert-OH is 1. The minimum Gasteiger partial charge on any atom is -0.386 e. The van der Waals surface area contributed by atoms with Crippen LogP contribution < -0.4 is 0 Å². The lowest BCUT2D eigenvalue weighted by molar-refractivity contribution is 0.172. The molecule has 2 nitrogen and oxygen atoms in total. The Morgan fingerprint density at radius 2 is 2.00 bits per heavy atom. The summed E-state index contributed by atoms with van der Waals surface area (Å²) in [5, 5.41) is 10.2. The molecule has 1 heterocycles. The molecule has 0 aliphatic carbocycles. The van der Waals surface area contributed by atoms with E-state index < -0.39 is 17.7 Å². The number of aryl methyl sites for hydroxylation is 1. The average molecular weight is 263 g/mol. The Kier molecular flexibility index (Phi) is 4.22. The average Bonchev–Trinajstić information content (AvgIpc) is 2.43. The van der Waals surface area contributed by atoms with Gasteiger partial charge < -0.3 is 5.11 Å². The van der Waals surface area contributed by atoms with Crippen molar-refractivity contribution in [3.63, 3.8) is 0 Å². The summed E-state index contributed by atoms with van der Waals surface area (Å²) >= 11 is 0. The van der Waals surface area contributed by atoms with Crippen molar-refractivity contribution < 1.29 is 13.9 Å². The van der Waals surface area contributed by atoms with Crippen molar-refractivity contribution in [2.24, 2.45) is 0 Å². The summed E-state index contributed by atoms with van der Waals surface area (Å²) in [4.78, 5) is 4.17. The highest BCUT2D eigenvalue weighted by Crippen LogP contribution is 2.21. The molecule has 0 spiro atoms. The summed E-state index contributed by atoms with van der Waals surface area (Å²) in [6.45, 7) is 1.98. The van der Waals surface area contributed by atoms with Crippen molar-refractivity contribution in [3.05, 3.63) is 65.0 Å². The molecule has 0 saturated carbocycles. The highest BCUT2D eigenvalue weighted by Gasteiger charge is 2.14. The van der Waals surface area contributed by atoms with Gasteiger partial charge in [-0.15, -0.1) is 0 Å². The minimum atomic E-state index is -0.901. The molecule has 1 unspecified atom stereocenters. The first kappa shape index (κ1) is 13.6. The van der Waals surface area contributed by atoms with Crippen molar-refractivity contribution in [3.8, 4) is 0 Å². The van der Waals surface area contributed by atoms with Crippen molar-refractivity contribution in [2.45, 2.75) is 25.9 Å². The summed E-state index contributed by atoms with van der Waals surface area (Å²) in [7, 11) is 0. The molecule has 0 amide bonds. The monoisotopic (exact) mass is 263 g/mol. The summed E-state index contributed by atoms with van der Waals surface area (Å²) in [6.07, 6.45) is 1.77. The molecule has 0 bridgehead atoms. The van der Waals surface area contributed by atoms with Crippen LogP contribution in [0.25, 0.3) is 0 Å². The molecule has 2 rings (SSSR count). The van der Waals surface area contributed by atoms with Gasteiger partial charge in [-0.1, -0.05) is 19.1 Å². The standard InChI is InChI=1S/C15H15F2NO/c1-2-11-4-3-7-18-15(11)14(19)9-10-5-6-12(16)13(17)8-10/h3-8,14,19H,2,9H2,1H3. The van der Waals surface area contributed by atoms with Gasteiger partial charge in [0.25, 0.3) is 0 Å². The number of hydrogen-bond acceptors (Lipinski definition) is 2. The molecule has 19 heavy (non-hydrogen) atoms. The molecule has 0 saturated heterocycles. The summed E-state index contributed by atoms with van der Waals surface area (Å²) in [6, 6.07) is 7.35. The second-order valence-electron chi connectivity index (χ2n) is 4.37. The first-order chi connectivity index (χ1) is 9.11. The predicted molar refractivity (Wildman–Crippen MR) is 68.6 cm³/mol. The fourth-order valence-corrected chi connectivity index (χ4v) is 2.04. The second-order valence-corrected chi connectivity index (χ2v) is 4.37. The molecular weight excluding hydrogens is 248 g/mol. The Labute approximate surface area is 110 Å². The molecule has 1 N–H and O–H groups in total. The number of rotatable bonds is 4. The molecule has 0 aliphatic rings. The molecule has 2 aromatic rings. The summed E-state index contributed by atoms with van der Waals surface area (Å²) in [5.74, 6) is -1.79. The smallest absolute Gasteiger partial charge is 0.159 e. The van der Waals surface area contributed by atoms with Gasteiger partial charge in [-0.2, -0.15) is 0 Å². The number of aromatic nitrogens is 1. The second kappa shape index (κ2) is 5.89. The number of halogens is 2. The van der Waals surface area contributed by atoms with Gasteiger partial charge in [0.05, 0.1) is 5.69 Å². The van der Waals surface area contributed by atoms with E-state index in [1.54, 1.807) is 6.20 Å². The Morgan fingerprint density at radius 1 is 1.21 bits per heavy atom. The maximum absolute atomic E-state index is 13.1. The van der Waals surface area contributed by atoms with Gasteiger partial charge in [-0.3, -0.25) is 4.98 Å². The maximum Gasteiger partial charge on any atom is 0.159 e. The van der Waals surface area contributed by atoms with Gasteiger partial charge >= 0.3 is 0 Å². The van der Waals surface area contributed by atoms with E-state index in [1.165, 1.54) is 6.07 Å². The van der Waals surface area contributed by atoms with Crippen LogP contribution in [0.15, 0.2) is 36.5 Å². The van der Waals surface area contributed by atoms with E-state index in [2.05, 4.69) is 4.98 Å². The van der Waals surface area contributed by atoms with E-state index >= 15 is 0 Å². The molecule has 1 aromatic heterocycles. The van der Waals surface area contributed by atoms with Gasteiger partial charge in [0.2, 0.25) is 0 Å². The van der Waals surface area contributed by atoms with E-state index in [9.17, 15) is 13.9 Å². The van der Waals surface area contributed by atoms with E-state index in [0.29, 0.717) is 11.3 Å². The molecule has 100 valence electrons. The Morgan fingerprint density at radius 3 is 2.68 bits per heavy atom. The number of benzene rings is 1. The van der Waals surface area contributed by atoms with Crippen LogP contribution in [0.4, 0.5) is 8.78 Å². The van der Waals surface area contributed by atoms with Gasteiger partial charge in [0.1, 0.15) is 6.10 Å². The van der Waals surface area contributed by atoms with Crippen molar-refractivity contribution in [2.75, 3.05) is 0 Å². The first-order valence-electron chi connectivity index (χ1n) is 6.17. The van der Waals surface area contributed by atoms with Crippen molar-refractivity contribution in [1.29, 1.82) is 0 Å². The van der Waals surface area contributed by atoms with Gasteiger partial charge in [-0.25, -0.2) is 8.78 Å². The van der Waals surface area contributed by atoms with E-state index in [1.807, 2.05) is 19.1 Å². The van der Waals surface area contributed by atoms with Crippen LogP contribution in [0.2, 0.25) is 0 Å². The molecule has 0 aliphatic heterocycles. The summed E-state index contributed by atoms with van der Waals surface area (Å²) < 4.78 is 25.9. The molecule has 4 heteroatoms. The number of aliphatic hydroxyl groups is 1. The highest BCUT2D eigenvalue weighted by atomic mass is 19.2. The lowest BCUT2D eigenvalue weighted by Gasteiger charge is -2.13. The first-order valence-corrected chi connectivity index (χ1v) is 6.17. The fraction of sp³-hybridized carbons (Fsp3) is 0.267. The number of pyridine rings is 1. The van der Waals surface area contributed by atoms with E-state index in [0.717, 1.165) is 24.1 Å². The third kappa shape index (κ3) is 3.15. The third-order valence-corrected chi connectivity index (χ3v) is 3.04. The zero-order valence-electron chi connectivity index (χ0n) is 10.6. The Bertz CT molecular complexity index is 572. The van der Waals surface area contributed by atoms with Crippen LogP contribution in [-0.2, 0) is 12.8 Å².